The number of carbonyl (C=O) groups is 4. The Morgan fingerprint density at radius 2 is 1.43 bits per heavy atom. The molecule has 4 saturated carbocycles. The first-order valence-corrected chi connectivity index (χ1v) is 21.9. The van der Waals surface area contributed by atoms with Crippen molar-refractivity contribution in [3.8, 4) is 0 Å². The summed E-state index contributed by atoms with van der Waals surface area (Å²) in [6, 6.07) is 19.3. The second-order valence-electron chi connectivity index (χ2n) is 20.4. The highest BCUT2D eigenvalue weighted by molar-refractivity contribution is 5.96. The van der Waals surface area contributed by atoms with Crippen molar-refractivity contribution < 1.29 is 37.5 Å². The van der Waals surface area contributed by atoms with Gasteiger partial charge in [0.1, 0.15) is 0 Å². The lowest BCUT2D eigenvalue weighted by atomic mass is 9.33. The van der Waals surface area contributed by atoms with Gasteiger partial charge in [-0.3, -0.25) is 19.2 Å². The molecule has 5 aliphatic carbocycles. The lowest BCUT2D eigenvalue weighted by molar-refractivity contribution is -0.205. The van der Waals surface area contributed by atoms with E-state index >= 15 is 4.79 Å². The van der Waals surface area contributed by atoms with Crippen LogP contribution in [0, 0.1) is 57.2 Å². The number of rotatable bonds is 8. The molecule has 5 aliphatic rings. The van der Waals surface area contributed by atoms with Crippen molar-refractivity contribution in [3.05, 3.63) is 106 Å². The average molecular weight is 820 g/mol. The van der Waals surface area contributed by atoms with E-state index in [0.29, 0.717) is 38.5 Å². The molecule has 1 heterocycles. The summed E-state index contributed by atoms with van der Waals surface area (Å²) in [6.45, 7) is 15.9. The predicted octanol–water partition coefficient (Wildman–Crippen LogP) is 9.38. The molecule has 320 valence electrons. The Balaban J connectivity index is 1.11. The number of amides is 1. The van der Waals surface area contributed by atoms with E-state index in [2.05, 4.69) is 39.9 Å². The zero-order chi connectivity index (χ0) is 43.0. The van der Waals surface area contributed by atoms with Gasteiger partial charge in [-0.25, -0.2) is 4.79 Å². The molecule has 4 fully saturated rings. The van der Waals surface area contributed by atoms with E-state index < -0.39 is 45.6 Å². The van der Waals surface area contributed by atoms with Crippen molar-refractivity contribution in [1.29, 1.82) is 0 Å². The zero-order valence-electron chi connectivity index (χ0n) is 36.5. The molecule has 0 bridgehead atoms. The highest BCUT2D eigenvalue weighted by Gasteiger charge is 2.72. The van der Waals surface area contributed by atoms with E-state index in [1.165, 1.54) is 12.5 Å². The van der Waals surface area contributed by atoms with E-state index in [4.69, 9.17) is 18.3 Å². The number of fused-ring (bicyclic) bond motifs is 7. The molecular formula is C50H61NO9. The number of hydrogen-bond acceptors (Lipinski definition) is 9. The van der Waals surface area contributed by atoms with Crippen LogP contribution in [-0.4, -0.2) is 29.7 Å². The topological polar surface area (TPSA) is 142 Å². The van der Waals surface area contributed by atoms with Crippen LogP contribution in [0.15, 0.2) is 85.9 Å². The van der Waals surface area contributed by atoms with Crippen molar-refractivity contribution in [2.24, 2.45) is 50.2 Å². The summed E-state index contributed by atoms with van der Waals surface area (Å²) in [5, 5.41) is 3.08. The molecule has 10 atom stereocenters. The minimum atomic E-state index is -1.17. The van der Waals surface area contributed by atoms with Gasteiger partial charge in [-0.15, -0.1) is 0 Å². The van der Waals surface area contributed by atoms with Crippen LogP contribution in [0.5, 0.6) is 0 Å². The summed E-state index contributed by atoms with van der Waals surface area (Å²) in [5.74, 6) is -1.99. The van der Waals surface area contributed by atoms with Gasteiger partial charge in [0.2, 0.25) is 5.91 Å². The number of hydrogen-bond donors (Lipinski definition) is 1. The minimum Gasteiger partial charge on any atom is -0.457 e. The number of benzene rings is 2. The van der Waals surface area contributed by atoms with Crippen molar-refractivity contribution >= 4 is 23.6 Å². The molecule has 0 saturated heterocycles. The van der Waals surface area contributed by atoms with E-state index in [-0.39, 0.29) is 64.4 Å². The second kappa shape index (κ2) is 14.7. The van der Waals surface area contributed by atoms with Gasteiger partial charge in [-0.2, -0.15) is 0 Å². The number of ketones is 1. The van der Waals surface area contributed by atoms with Crippen LogP contribution < -0.4 is 11.1 Å². The molecule has 60 heavy (non-hydrogen) atoms. The normalized spacial score (nSPS) is 37.1. The van der Waals surface area contributed by atoms with Crippen LogP contribution in [-0.2, 0) is 35.3 Å². The Kier molecular flexibility index (Phi) is 10.3. The van der Waals surface area contributed by atoms with Crippen LogP contribution in [0.25, 0.3) is 0 Å². The first-order chi connectivity index (χ1) is 28.3. The quantitative estimate of drug-likeness (QED) is 0.220. The van der Waals surface area contributed by atoms with E-state index in [1.807, 2.05) is 73.7 Å². The van der Waals surface area contributed by atoms with Gasteiger partial charge in [-0.1, -0.05) is 93.9 Å². The monoisotopic (exact) mass is 819 g/mol. The molecule has 1 unspecified atom stereocenters. The van der Waals surface area contributed by atoms with E-state index in [0.717, 1.165) is 30.4 Å². The summed E-state index contributed by atoms with van der Waals surface area (Å²) in [7, 11) is 0. The van der Waals surface area contributed by atoms with Crippen LogP contribution in [0.3, 0.4) is 0 Å². The van der Waals surface area contributed by atoms with Crippen LogP contribution in [0.1, 0.15) is 135 Å². The van der Waals surface area contributed by atoms with Crippen molar-refractivity contribution in [2.75, 3.05) is 0 Å². The molecule has 0 radical (unpaired) electrons. The maximum Gasteiger partial charge on any atom is 0.519 e. The Morgan fingerprint density at radius 1 is 0.800 bits per heavy atom. The molecule has 1 amide bonds. The summed E-state index contributed by atoms with van der Waals surface area (Å²) in [6.07, 6.45) is 8.05. The number of aryl methyl sites for hydroxylation is 1. The standard InChI is InChI=1S/C50H61NO9/c1-30-37(59-44(56)58-30)29-57-43(55)50(8)38-19-22-49(7)41(47(38,5)21-20-39(50)51-31(2)52)36(53)27-34-35-28-46(4,24-23-45(35,3)25-26-48(34,49)6)42(54)60-40(32-15-11-9-12-16-32)33-17-13-10-14-18-33/h9-18,27,35,38-41H,19-26,28-29H2,1-8H3,(H,51,52)/t35-,38+,39-,41?,45+,46-,47-,48+,49+,50-/m0/s1. The van der Waals surface area contributed by atoms with Gasteiger partial charge in [0.25, 0.3) is 0 Å². The molecule has 10 nitrogen and oxygen atoms in total. The molecule has 10 heteroatoms. The first kappa shape index (κ1) is 42.0. The third-order valence-electron chi connectivity index (χ3n) is 17.2. The maximum atomic E-state index is 15.2. The van der Waals surface area contributed by atoms with Crippen LogP contribution >= 0.6 is 0 Å². The van der Waals surface area contributed by atoms with Gasteiger partial charge in [-0.05, 0) is 129 Å². The molecule has 2 aromatic carbocycles. The van der Waals surface area contributed by atoms with Gasteiger partial charge in [0.15, 0.2) is 30.0 Å². The van der Waals surface area contributed by atoms with Gasteiger partial charge in [0.05, 0.1) is 10.8 Å². The number of nitrogens with one attached hydrogen (secondary N) is 1. The van der Waals surface area contributed by atoms with Gasteiger partial charge < -0.3 is 23.6 Å². The number of ether oxygens (including phenoxy) is 2. The lowest BCUT2D eigenvalue weighted by Gasteiger charge is -2.70. The fraction of sp³-hybridized carbons (Fsp3) is 0.580. The SMILES string of the molecule is CC(=O)N[C@H]1CC[C@]2(C)C3C(=O)C=C4[C@@H]5C[C@@](C)(C(=O)OC(c6ccccc6)c6ccccc6)CC[C@]5(C)CC[C@@]4(C)[C@]3(C)CC[C@H]2[C@]1(C)C(=O)OCc1oc(=O)oc1C. The highest BCUT2D eigenvalue weighted by Crippen LogP contribution is 2.75. The number of carbonyl (C=O) groups excluding carboxylic acids is 4. The Morgan fingerprint density at radius 3 is 2.03 bits per heavy atom. The Hall–Kier alpha value is -4.73. The fourth-order valence-electron chi connectivity index (χ4n) is 13.4. The van der Waals surface area contributed by atoms with Crippen molar-refractivity contribution in [1.82, 2.24) is 5.32 Å². The minimum absolute atomic E-state index is 0.0175. The molecule has 1 N–H and O–H groups in total. The van der Waals surface area contributed by atoms with Crippen LogP contribution in [0.2, 0.25) is 0 Å². The van der Waals surface area contributed by atoms with Crippen LogP contribution in [0.4, 0.5) is 0 Å². The largest absolute Gasteiger partial charge is 0.519 e. The van der Waals surface area contributed by atoms with E-state index in [9.17, 15) is 19.2 Å². The number of esters is 2. The number of allylic oxidation sites excluding steroid dienone is 2. The molecule has 0 aliphatic heterocycles. The third kappa shape index (κ3) is 6.45. The van der Waals surface area contributed by atoms with E-state index in [1.54, 1.807) is 6.92 Å². The first-order valence-electron chi connectivity index (χ1n) is 21.9. The summed E-state index contributed by atoms with van der Waals surface area (Å²) in [4.78, 5) is 68.7. The van der Waals surface area contributed by atoms with Gasteiger partial charge >= 0.3 is 17.8 Å². The zero-order valence-corrected chi connectivity index (χ0v) is 36.5. The summed E-state index contributed by atoms with van der Waals surface area (Å²) >= 11 is 0. The van der Waals surface area contributed by atoms with Gasteiger partial charge in [0, 0.05) is 18.9 Å². The average Bonchev–Trinajstić information content (AvgIpc) is 3.54. The Bertz CT molecular complexity index is 2240. The predicted molar refractivity (Wildman–Crippen MR) is 224 cm³/mol. The molecule has 8 rings (SSSR count). The third-order valence-corrected chi connectivity index (χ3v) is 17.2. The maximum absolute atomic E-state index is 15.2. The molecule has 1 aromatic heterocycles. The summed E-state index contributed by atoms with van der Waals surface area (Å²) < 4.78 is 22.6. The molecule has 3 aromatic rings. The fourth-order valence-corrected chi connectivity index (χ4v) is 13.4. The molecule has 0 spiro atoms. The highest BCUT2D eigenvalue weighted by atomic mass is 16.6. The second-order valence-corrected chi connectivity index (χ2v) is 20.4. The smallest absolute Gasteiger partial charge is 0.457 e. The summed E-state index contributed by atoms with van der Waals surface area (Å²) in [5.41, 5.74) is -0.318. The lowest BCUT2D eigenvalue weighted by Crippen LogP contribution is -2.69. The van der Waals surface area contributed by atoms with Crippen molar-refractivity contribution in [2.45, 2.75) is 132 Å². The van der Waals surface area contributed by atoms with Crippen molar-refractivity contribution in [3.63, 3.8) is 0 Å². The molecular weight excluding hydrogens is 759 g/mol. The Labute approximate surface area is 353 Å².